The Morgan fingerprint density at radius 3 is 2.69 bits per heavy atom. The molecule has 0 spiro atoms. The molecule has 1 rings (SSSR count). The fourth-order valence-corrected chi connectivity index (χ4v) is 1.34. The van der Waals surface area contributed by atoms with Crippen LogP contribution in [0.4, 0.5) is 18.9 Å². The first kappa shape index (κ1) is 12.7. The molecule has 0 radical (unpaired) electrons. The summed E-state index contributed by atoms with van der Waals surface area (Å²) >= 11 is 3.04. The maximum atomic E-state index is 11.9. The zero-order chi connectivity index (χ0) is 12.2. The number of hydrogen-bond acceptors (Lipinski definition) is 2. The summed E-state index contributed by atoms with van der Waals surface area (Å²) in [7, 11) is 0. The molecule has 0 fully saturated rings. The van der Waals surface area contributed by atoms with Crippen molar-refractivity contribution in [3.8, 4) is 5.75 Å². The summed E-state index contributed by atoms with van der Waals surface area (Å²) in [6.45, 7) is -1.43. The van der Waals surface area contributed by atoms with Crippen LogP contribution in [-0.4, -0.2) is 12.8 Å². The lowest BCUT2D eigenvalue weighted by atomic mass is 10.3. The molecule has 1 aromatic rings. The second kappa shape index (κ2) is 5.09. The van der Waals surface area contributed by atoms with Crippen LogP contribution in [0, 0.1) is 0 Å². The van der Waals surface area contributed by atoms with Crippen molar-refractivity contribution in [1.82, 2.24) is 0 Å². The van der Waals surface area contributed by atoms with Gasteiger partial charge in [0.2, 0.25) is 0 Å². The summed E-state index contributed by atoms with van der Waals surface area (Å²) in [5.74, 6) is -0.121. The van der Waals surface area contributed by atoms with Gasteiger partial charge in [0.05, 0.1) is 5.69 Å². The highest BCUT2D eigenvalue weighted by Crippen LogP contribution is 2.36. The molecule has 0 atom stereocenters. The lowest BCUT2D eigenvalue weighted by molar-refractivity contribution is -0.153. The van der Waals surface area contributed by atoms with Crippen LogP contribution in [0.2, 0.25) is 0 Å². The van der Waals surface area contributed by atoms with Gasteiger partial charge < -0.3 is 4.74 Å². The minimum atomic E-state index is -4.43. The lowest BCUT2D eigenvalue weighted by Gasteiger charge is -2.11. The van der Waals surface area contributed by atoms with E-state index in [1.807, 2.05) is 0 Å². The van der Waals surface area contributed by atoms with Crippen LogP contribution < -0.4 is 4.74 Å². The van der Waals surface area contributed by atoms with Crippen LogP contribution in [0.25, 0.3) is 10.4 Å². The molecule has 0 N–H and O–H groups in total. The minimum absolute atomic E-state index is 0.00532. The standard InChI is InChI=1S/C8H5BrF3N3O/c9-5-2-1-3-6(7(5)14-15-13)16-4-8(10,11)12/h1-3H,4H2. The highest BCUT2D eigenvalue weighted by atomic mass is 79.9. The highest BCUT2D eigenvalue weighted by Gasteiger charge is 2.28. The second-order valence-corrected chi connectivity index (χ2v) is 3.53. The largest absolute Gasteiger partial charge is 0.484 e. The molecule has 1 aromatic carbocycles. The fourth-order valence-electron chi connectivity index (χ4n) is 0.913. The SMILES string of the molecule is [N-]=[N+]=Nc1c(Br)cccc1OCC(F)(F)F. The Hall–Kier alpha value is -1.40. The Kier molecular flexibility index (Phi) is 4.03. The first-order valence-electron chi connectivity index (χ1n) is 3.97. The van der Waals surface area contributed by atoms with E-state index in [2.05, 4.69) is 30.7 Å². The van der Waals surface area contributed by atoms with Crippen LogP contribution in [-0.2, 0) is 0 Å². The molecule has 0 aliphatic rings. The van der Waals surface area contributed by atoms with E-state index in [-0.39, 0.29) is 11.4 Å². The van der Waals surface area contributed by atoms with Crippen LogP contribution in [0.3, 0.4) is 0 Å². The molecule has 16 heavy (non-hydrogen) atoms. The number of rotatable bonds is 3. The Morgan fingerprint density at radius 1 is 1.44 bits per heavy atom. The minimum Gasteiger partial charge on any atom is -0.484 e. The molecule has 4 nitrogen and oxygen atoms in total. The summed E-state index contributed by atoms with van der Waals surface area (Å²) in [4.78, 5) is 2.51. The first-order chi connectivity index (χ1) is 7.44. The van der Waals surface area contributed by atoms with Crippen molar-refractivity contribution < 1.29 is 17.9 Å². The molecular formula is C8H5BrF3N3O. The molecule has 0 heterocycles. The molecule has 0 aliphatic carbocycles. The van der Waals surface area contributed by atoms with Gasteiger partial charge in [-0.15, -0.1) is 0 Å². The van der Waals surface area contributed by atoms with Gasteiger partial charge in [-0.2, -0.15) is 13.2 Å². The van der Waals surface area contributed by atoms with Gasteiger partial charge in [-0.25, -0.2) is 0 Å². The van der Waals surface area contributed by atoms with Crippen molar-refractivity contribution >= 4 is 21.6 Å². The molecule has 0 saturated heterocycles. The van der Waals surface area contributed by atoms with E-state index < -0.39 is 12.8 Å². The summed E-state index contributed by atoms with van der Waals surface area (Å²) < 4.78 is 40.6. The molecular weight excluding hydrogens is 291 g/mol. The van der Waals surface area contributed by atoms with Gasteiger partial charge >= 0.3 is 6.18 Å². The van der Waals surface area contributed by atoms with E-state index in [1.54, 1.807) is 0 Å². The molecule has 0 aromatic heterocycles. The van der Waals surface area contributed by atoms with Crippen molar-refractivity contribution in [2.45, 2.75) is 6.18 Å². The number of alkyl halides is 3. The Bertz CT molecular complexity index is 429. The zero-order valence-corrected chi connectivity index (χ0v) is 9.29. The Balaban J connectivity index is 2.95. The molecule has 0 amide bonds. The van der Waals surface area contributed by atoms with Crippen LogP contribution in [0.15, 0.2) is 27.8 Å². The van der Waals surface area contributed by atoms with Gasteiger partial charge in [-0.05, 0) is 17.7 Å². The van der Waals surface area contributed by atoms with E-state index in [0.717, 1.165) is 0 Å². The number of halogens is 4. The third kappa shape index (κ3) is 3.63. The van der Waals surface area contributed by atoms with Gasteiger partial charge in [-0.1, -0.05) is 27.1 Å². The molecule has 0 bridgehead atoms. The Morgan fingerprint density at radius 2 is 2.12 bits per heavy atom. The average molecular weight is 296 g/mol. The maximum absolute atomic E-state index is 11.9. The average Bonchev–Trinajstić information content (AvgIpc) is 2.18. The summed E-state index contributed by atoms with van der Waals surface area (Å²) in [6.07, 6.45) is -4.43. The van der Waals surface area contributed by atoms with E-state index in [0.29, 0.717) is 4.47 Å². The van der Waals surface area contributed by atoms with Gasteiger partial charge in [0.1, 0.15) is 5.75 Å². The maximum Gasteiger partial charge on any atom is 0.422 e. The van der Waals surface area contributed by atoms with Crippen molar-refractivity contribution in [2.75, 3.05) is 6.61 Å². The second-order valence-electron chi connectivity index (χ2n) is 2.68. The number of ether oxygens (including phenoxy) is 1. The predicted octanol–water partition coefficient (Wildman–Crippen LogP) is 4.33. The van der Waals surface area contributed by atoms with E-state index in [4.69, 9.17) is 5.53 Å². The summed E-state index contributed by atoms with van der Waals surface area (Å²) in [5.41, 5.74) is 8.25. The Labute approximate surface area is 96.8 Å². The van der Waals surface area contributed by atoms with E-state index in [1.165, 1.54) is 18.2 Å². The van der Waals surface area contributed by atoms with Crippen molar-refractivity contribution in [3.63, 3.8) is 0 Å². The van der Waals surface area contributed by atoms with E-state index in [9.17, 15) is 13.2 Å². The topological polar surface area (TPSA) is 58.0 Å². The molecule has 0 saturated carbocycles. The predicted molar refractivity (Wildman–Crippen MR) is 54.5 cm³/mol. The fraction of sp³-hybridized carbons (Fsp3) is 0.250. The van der Waals surface area contributed by atoms with Gasteiger partial charge in [0, 0.05) is 9.38 Å². The summed E-state index contributed by atoms with van der Waals surface area (Å²) in [6, 6.07) is 4.30. The molecule has 86 valence electrons. The monoisotopic (exact) mass is 295 g/mol. The van der Waals surface area contributed by atoms with E-state index >= 15 is 0 Å². The first-order valence-corrected chi connectivity index (χ1v) is 4.76. The highest BCUT2D eigenvalue weighted by molar-refractivity contribution is 9.10. The number of nitrogens with zero attached hydrogens (tertiary/aromatic N) is 3. The van der Waals surface area contributed by atoms with Crippen molar-refractivity contribution in [2.24, 2.45) is 5.11 Å². The lowest BCUT2D eigenvalue weighted by Crippen LogP contribution is -2.19. The third-order valence-corrected chi connectivity index (χ3v) is 2.13. The quantitative estimate of drug-likeness (QED) is 0.465. The van der Waals surface area contributed by atoms with Crippen LogP contribution in [0.1, 0.15) is 0 Å². The van der Waals surface area contributed by atoms with Gasteiger partial charge in [0.15, 0.2) is 6.61 Å². The van der Waals surface area contributed by atoms with Crippen LogP contribution >= 0.6 is 15.9 Å². The van der Waals surface area contributed by atoms with Gasteiger partial charge in [0.25, 0.3) is 0 Å². The number of hydrogen-bond donors (Lipinski definition) is 0. The van der Waals surface area contributed by atoms with Crippen molar-refractivity contribution in [1.29, 1.82) is 0 Å². The number of benzene rings is 1. The van der Waals surface area contributed by atoms with Crippen LogP contribution in [0.5, 0.6) is 5.75 Å². The molecule has 8 heteroatoms. The third-order valence-electron chi connectivity index (χ3n) is 1.49. The molecule has 0 unspecified atom stereocenters. The smallest absolute Gasteiger partial charge is 0.422 e. The number of azide groups is 1. The summed E-state index contributed by atoms with van der Waals surface area (Å²) in [5, 5.41) is 3.25. The van der Waals surface area contributed by atoms with Crippen molar-refractivity contribution in [3.05, 3.63) is 33.1 Å². The van der Waals surface area contributed by atoms with Gasteiger partial charge in [-0.3, -0.25) is 0 Å². The normalized spacial score (nSPS) is 10.8. The molecule has 0 aliphatic heterocycles. The zero-order valence-electron chi connectivity index (χ0n) is 7.70.